The van der Waals surface area contributed by atoms with Gasteiger partial charge in [-0.1, -0.05) is 35.0 Å². The number of aromatic nitrogens is 2. The number of nitrogens with one attached hydrogen (secondary N) is 1. The number of halogens is 1. The molecular weight excluding hydrogens is 368 g/mol. The maximum Gasteiger partial charge on any atom is 0.248 e. The first-order valence-corrected chi connectivity index (χ1v) is 8.35. The molecule has 0 unspecified atom stereocenters. The molecule has 0 aliphatic carbocycles. The van der Waals surface area contributed by atoms with Crippen molar-refractivity contribution in [3.05, 3.63) is 64.9 Å². The third-order valence-corrected chi connectivity index (χ3v) is 4.03. The van der Waals surface area contributed by atoms with E-state index in [0.29, 0.717) is 23.1 Å². The summed E-state index contributed by atoms with van der Waals surface area (Å²) in [6, 6.07) is 15.6. The molecule has 0 saturated carbocycles. The highest BCUT2D eigenvalue weighted by molar-refractivity contribution is 9.10. The van der Waals surface area contributed by atoms with Crippen LogP contribution in [0.3, 0.4) is 0 Å². The fourth-order valence-corrected chi connectivity index (χ4v) is 2.40. The molecule has 3 aromatic rings. The highest BCUT2D eigenvalue weighted by atomic mass is 79.9. The fourth-order valence-electron chi connectivity index (χ4n) is 2.14. The zero-order valence-corrected chi connectivity index (χ0v) is 14.7. The van der Waals surface area contributed by atoms with Gasteiger partial charge in [-0.2, -0.15) is 4.98 Å². The predicted octanol–water partition coefficient (Wildman–Crippen LogP) is 4.92. The Morgan fingerprint density at radius 1 is 1.04 bits per heavy atom. The summed E-state index contributed by atoms with van der Waals surface area (Å²) in [6.45, 7) is 2.12. The Hall–Kier alpha value is -2.60. The third-order valence-electron chi connectivity index (χ3n) is 3.50. The van der Waals surface area contributed by atoms with Gasteiger partial charge in [0.2, 0.25) is 5.88 Å². The van der Waals surface area contributed by atoms with Crippen LogP contribution in [0.4, 0.5) is 17.2 Å². The van der Waals surface area contributed by atoms with Crippen LogP contribution in [0.15, 0.2) is 59.3 Å². The van der Waals surface area contributed by atoms with E-state index in [9.17, 15) is 0 Å². The molecule has 0 saturated heterocycles. The Bertz CT molecular complexity index is 819. The van der Waals surface area contributed by atoms with Crippen molar-refractivity contribution in [3.8, 4) is 11.6 Å². The second-order valence-corrected chi connectivity index (χ2v) is 6.09. The molecule has 0 spiro atoms. The molecule has 122 valence electrons. The van der Waals surface area contributed by atoms with Gasteiger partial charge >= 0.3 is 0 Å². The highest BCUT2D eigenvalue weighted by Crippen LogP contribution is 2.31. The van der Waals surface area contributed by atoms with E-state index in [1.807, 2.05) is 36.4 Å². The molecule has 5 nitrogen and oxygen atoms in total. The second-order valence-electron chi connectivity index (χ2n) is 5.17. The molecule has 3 N–H and O–H groups in total. The number of aryl methyl sites for hydroxylation is 1. The molecular formula is C18H17BrN4O. The molecule has 24 heavy (non-hydrogen) atoms. The van der Waals surface area contributed by atoms with Gasteiger partial charge in [0.15, 0.2) is 5.82 Å². The van der Waals surface area contributed by atoms with Gasteiger partial charge in [0.05, 0.1) is 0 Å². The normalized spacial score (nSPS) is 10.4. The number of nitrogen functional groups attached to an aromatic ring is 1. The zero-order valence-electron chi connectivity index (χ0n) is 13.2. The largest absolute Gasteiger partial charge is 0.437 e. The standard InChI is InChI=1S/C18H17BrN4O/c1-2-12-3-7-14(8-4-12)23-17-16(20)18(22-11-21-17)24-15-9-5-13(19)6-10-15/h3-11H,2,20H2,1H3,(H,21,22,23). The lowest BCUT2D eigenvalue weighted by Gasteiger charge is -2.12. The summed E-state index contributed by atoms with van der Waals surface area (Å²) < 4.78 is 6.72. The van der Waals surface area contributed by atoms with Gasteiger partial charge in [-0.3, -0.25) is 0 Å². The van der Waals surface area contributed by atoms with E-state index in [1.54, 1.807) is 0 Å². The number of anilines is 3. The number of nitrogens with two attached hydrogens (primary N) is 1. The van der Waals surface area contributed by atoms with Gasteiger partial charge in [-0.05, 0) is 48.4 Å². The van der Waals surface area contributed by atoms with Crippen molar-refractivity contribution < 1.29 is 4.74 Å². The minimum absolute atomic E-state index is 0.319. The molecule has 0 fully saturated rings. The lowest BCUT2D eigenvalue weighted by Crippen LogP contribution is -2.03. The lowest BCUT2D eigenvalue weighted by atomic mass is 10.1. The molecule has 6 heteroatoms. The molecule has 1 heterocycles. The molecule has 0 amide bonds. The number of hydrogen-bond acceptors (Lipinski definition) is 5. The number of benzene rings is 2. The minimum atomic E-state index is 0.319. The van der Waals surface area contributed by atoms with E-state index < -0.39 is 0 Å². The molecule has 2 aromatic carbocycles. The smallest absolute Gasteiger partial charge is 0.248 e. The fraction of sp³-hybridized carbons (Fsp3) is 0.111. The van der Waals surface area contributed by atoms with E-state index in [4.69, 9.17) is 10.5 Å². The summed E-state index contributed by atoms with van der Waals surface area (Å²) in [5.41, 5.74) is 8.69. The maximum atomic E-state index is 6.14. The molecule has 0 aliphatic heterocycles. The van der Waals surface area contributed by atoms with Crippen LogP contribution in [0.1, 0.15) is 12.5 Å². The van der Waals surface area contributed by atoms with Crippen LogP contribution in [-0.2, 0) is 6.42 Å². The van der Waals surface area contributed by atoms with Gasteiger partial charge in [-0.25, -0.2) is 4.98 Å². The second kappa shape index (κ2) is 7.31. The van der Waals surface area contributed by atoms with Crippen LogP contribution in [0.5, 0.6) is 11.6 Å². The predicted molar refractivity (Wildman–Crippen MR) is 99.8 cm³/mol. The van der Waals surface area contributed by atoms with E-state index in [2.05, 4.69) is 50.3 Å². The van der Waals surface area contributed by atoms with Crippen molar-refractivity contribution in [1.29, 1.82) is 0 Å². The first-order valence-electron chi connectivity index (χ1n) is 7.55. The van der Waals surface area contributed by atoms with Crippen LogP contribution in [0.2, 0.25) is 0 Å². The molecule has 3 rings (SSSR count). The first kappa shape index (κ1) is 16.3. The topological polar surface area (TPSA) is 73.1 Å². The Balaban J connectivity index is 1.80. The lowest BCUT2D eigenvalue weighted by molar-refractivity contribution is 0.464. The minimum Gasteiger partial charge on any atom is -0.437 e. The Morgan fingerprint density at radius 2 is 1.75 bits per heavy atom. The van der Waals surface area contributed by atoms with Gasteiger partial charge in [0.1, 0.15) is 17.8 Å². The average Bonchev–Trinajstić information content (AvgIpc) is 2.61. The van der Waals surface area contributed by atoms with Crippen LogP contribution >= 0.6 is 15.9 Å². The molecule has 0 radical (unpaired) electrons. The number of hydrogen-bond donors (Lipinski definition) is 2. The zero-order chi connectivity index (χ0) is 16.9. The SMILES string of the molecule is CCc1ccc(Nc2ncnc(Oc3ccc(Br)cc3)c2N)cc1. The summed E-state index contributed by atoms with van der Waals surface area (Å²) in [6.07, 6.45) is 2.42. The van der Waals surface area contributed by atoms with E-state index in [0.717, 1.165) is 16.6 Å². The Kier molecular flexibility index (Phi) is 4.96. The van der Waals surface area contributed by atoms with E-state index in [-0.39, 0.29) is 0 Å². The van der Waals surface area contributed by atoms with Crippen molar-refractivity contribution in [1.82, 2.24) is 9.97 Å². The van der Waals surface area contributed by atoms with Gasteiger partial charge in [0.25, 0.3) is 0 Å². The Morgan fingerprint density at radius 3 is 2.42 bits per heavy atom. The van der Waals surface area contributed by atoms with Crippen molar-refractivity contribution in [2.24, 2.45) is 0 Å². The number of ether oxygens (including phenoxy) is 1. The Labute approximate surface area is 149 Å². The number of nitrogens with zero attached hydrogens (tertiary/aromatic N) is 2. The molecule has 0 atom stereocenters. The van der Waals surface area contributed by atoms with Crippen LogP contribution in [0.25, 0.3) is 0 Å². The maximum absolute atomic E-state index is 6.14. The third kappa shape index (κ3) is 3.83. The first-order chi connectivity index (χ1) is 11.7. The average molecular weight is 385 g/mol. The summed E-state index contributed by atoms with van der Waals surface area (Å²) in [5.74, 6) is 1.49. The highest BCUT2D eigenvalue weighted by Gasteiger charge is 2.10. The van der Waals surface area contributed by atoms with Crippen molar-refractivity contribution in [3.63, 3.8) is 0 Å². The van der Waals surface area contributed by atoms with E-state index >= 15 is 0 Å². The number of rotatable bonds is 5. The van der Waals surface area contributed by atoms with Gasteiger partial charge in [0, 0.05) is 10.2 Å². The van der Waals surface area contributed by atoms with Gasteiger partial charge < -0.3 is 15.8 Å². The molecule has 0 aliphatic rings. The summed E-state index contributed by atoms with van der Waals surface area (Å²) in [5, 5.41) is 3.20. The van der Waals surface area contributed by atoms with Crippen LogP contribution in [-0.4, -0.2) is 9.97 Å². The van der Waals surface area contributed by atoms with Crippen LogP contribution < -0.4 is 15.8 Å². The summed E-state index contributed by atoms with van der Waals surface area (Å²) >= 11 is 3.39. The van der Waals surface area contributed by atoms with Crippen LogP contribution in [0, 0.1) is 0 Å². The van der Waals surface area contributed by atoms with Crippen molar-refractivity contribution >= 4 is 33.1 Å². The van der Waals surface area contributed by atoms with Crippen molar-refractivity contribution in [2.75, 3.05) is 11.1 Å². The van der Waals surface area contributed by atoms with Crippen molar-refractivity contribution in [2.45, 2.75) is 13.3 Å². The molecule has 1 aromatic heterocycles. The van der Waals surface area contributed by atoms with E-state index in [1.165, 1.54) is 11.9 Å². The quantitative estimate of drug-likeness (QED) is 0.652. The summed E-state index contributed by atoms with van der Waals surface area (Å²) in [7, 11) is 0. The summed E-state index contributed by atoms with van der Waals surface area (Å²) in [4.78, 5) is 8.31. The monoisotopic (exact) mass is 384 g/mol. The van der Waals surface area contributed by atoms with Gasteiger partial charge in [-0.15, -0.1) is 0 Å². The molecule has 0 bridgehead atoms.